The van der Waals surface area contributed by atoms with Gasteiger partial charge in [0, 0.05) is 12.3 Å². The van der Waals surface area contributed by atoms with Crippen LogP contribution in [0.2, 0.25) is 0 Å². The van der Waals surface area contributed by atoms with Gasteiger partial charge in [-0.2, -0.15) is 0 Å². The number of aromatic carboxylic acids is 1. The minimum atomic E-state index is -1.04. The molecule has 0 aliphatic rings. The number of benzene rings is 1. The van der Waals surface area contributed by atoms with Crippen molar-refractivity contribution < 1.29 is 19.4 Å². The molecule has 2 rings (SSSR count). The SMILES string of the molecule is COC(=O)CCCC(c1ccccc1)c1ncc(C(=O)O)[nH]1. The molecule has 0 radical (unpaired) electrons. The van der Waals surface area contributed by atoms with Crippen LogP contribution in [0, 0.1) is 0 Å². The maximum atomic E-state index is 11.2. The molecule has 0 bridgehead atoms. The standard InChI is InChI=1S/C16H18N2O4/c1-22-14(19)9-5-8-12(11-6-3-2-4-7-11)15-17-10-13(18-15)16(20)21/h2-4,6-7,10,12H,5,8-9H2,1H3,(H,17,18)(H,20,21). The molecule has 1 heterocycles. The van der Waals surface area contributed by atoms with Crippen LogP contribution in [-0.4, -0.2) is 34.1 Å². The number of hydrogen-bond donors (Lipinski definition) is 2. The first-order chi connectivity index (χ1) is 10.6. The van der Waals surface area contributed by atoms with Crippen LogP contribution in [0.25, 0.3) is 0 Å². The second-order valence-corrected chi connectivity index (χ2v) is 4.92. The number of carboxylic acids is 1. The number of hydrogen-bond acceptors (Lipinski definition) is 4. The molecule has 0 saturated heterocycles. The van der Waals surface area contributed by atoms with Crippen molar-refractivity contribution in [2.24, 2.45) is 0 Å². The lowest BCUT2D eigenvalue weighted by molar-refractivity contribution is -0.140. The molecule has 116 valence electrons. The molecule has 0 saturated carbocycles. The number of aromatic nitrogens is 2. The molecule has 2 N–H and O–H groups in total. The fourth-order valence-electron chi connectivity index (χ4n) is 2.32. The van der Waals surface area contributed by atoms with E-state index in [1.165, 1.54) is 13.3 Å². The average Bonchev–Trinajstić information content (AvgIpc) is 3.02. The van der Waals surface area contributed by atoms with E-state index in [4.69, 9.17) is 5.11 Å². The first-order valence-electron chi connectivity index (χ1n) is 7.01. The number of carboxylic acid groups (broad SMARTS) is 1. The first-order valence-corrected chi connectivity index (χ1v) is 7.01. The van der Waals surface area contributed by atoms with Crippen LogP contribution in [-0.2, 0) is 9.53 Å². The van der Waals surface area contributed by atoms with Gasteiger partial charge in [-0.15, -0.1) is 0 Å². The fraction of sp³-hybridized carbons (Fsp3) is 0.312. The largest absolute Gasteiger partial charge is 0.477 e. The molecule has 0 amide bonds. The van der Waals surface area contributed by atoms with Crippen molar-refractivity contribution in [1.29, 1.82) is 0 Å². The second-order valence-electron chi connectivity index (χ2n) is 4.92. The number of carbonyl (C=O) groups is 2. The van der Waals surface area contributed by atoms with E-state index in [9.17, 15) is 9.59 Å². The Morgan fingerprint density at radius 1 is 1.32 bits per heavy atom. The van der Waals surface area contributed by atoms with Gasteiger partial charge in [-0.3, -0.25) is 4.79 Å². The van der Waals surface area contributed by atoms with Gasteiger partial charge in [-0.25, -0.2) is 9.78 Å². The Morgan fingerprint density at radius 2 is 2.05 bits per heavy atom. The third-order valence-corrected chi connectivity index (χ3v) is 3.46. The number of imidazole rings is 1. The summed E-state index contributed by atoms with van der Waals surface area (Å²) in [7, 11) is 1.36. The number of methoxy groups -OCH3 is 1. The molecule has 0 spiro atoms. The van der Waals surface area contributed by atoms with Crippen LogP contribution in [0.3, 0.4) is 0 Å². The van der Waals surface area contributed by atoms with Gasteiger partial charge in [0.1, 0.15) is 11.5 Å². The highest BCUT2D eigenvalue weighted by atomic mass is 16.5. The van der Waals surface area contributed by atoms with Crippen molar-refractivity contribution >= 4 is 11.9 Å². The number of aromatic amines is 1. The highest BCUT2D eigenvalue weighted by molar-refractivity contribution is 5.85. The van der Waals surface area contributed by atoms with E-state index in [0.717, 1.165) is 5.56 Å². The summed E-state index contributed by atoms with van der Waals surface area (Å²) in [5.74, 6) is -0.787. The Morgan fingerprint density at radius 3 is 2.64 bits per heavy atom. The Hall–Kier alpha value is -2.63. The molecule has 1 atom stereocenters. The number of rotatable bonds is 7. The summed E-state index contributed by atoms with van der Waals surface area (Å²) in [4.78, 5) is 29.2. The van der Waals surface area contributed by atoms with Crippen LogP contribution in [0.15, 0.2) is 36.5 Å². The minimum Gasteiger partial charge on any atom is -0.477 e. The van der Waals surface area contributed by atoms with Gasteiger partial charge in [0.25, 0.3) is 0 Å². The van der Waals surface area contributed by atoms with Gasteiger partial charge < -0.3 is 14.8 Å². The predicted molar refractivity (Wildman–Crippen MR) is 79.7 cm³/mol. The molecule has 0 aliphatic carbocycles. The van der Waals surface area contributed by atoms with Crippen molar-refractivity contribution in [3.8, 4) is 0 Å². The lowest BCUT2D eigenvalue weighted by Crippen LogP contribution is -2.07. The van der Waals surface area contributed by atoms with Crippen molar-refractivity contribution in [3.05, 3.63) is 53.6 Å². The smallest absolute Gasteiger partial charge is 0.353 e. The van der Waals surface area contributed by atoms with E-state index in [2.05, 4.69) is 14.7 Å². The van der Waals surface area contributed by atoms with E-state index in [-0.39, 0.29) is 17.6 Å². The topological polar surface area (TPSA) is 92.3 Å². The normalized spacial score (nSPS) is 11.9. The highest BCUT2D eigenvalue weighted by Crippen LogP contribution is 2.27. The predicted octanol–water partition coefficient (Wildman–Crippen LogP) is 2.58. The van der Waals surface area contributed by atoms with Crippen molar-refractivity contribution in [2.75, 3.05) is 7.11 Å². The summed E-state index contributed by atoms with van der Waals surface area (Å²) in [6, 6.07) is 9.69. The Kier molecular flexibility index (Phi) is 5.30. The molecule has 6 heteroatoms. The van der Waals surface area contributed by atoms with Crippen LogP contribution in [0.5, 0.6) is 0 Å². The lowest BCUT2D eigenvalue weighted by atomic mass is 9.93. The molecular weight excluding hydrogens is 284 g/mol. The van der Waals surface area contributed by atoms with Crippen molar-refractivity contribution in [3.63, 3.8) is 0 Å². The number of nitrogens with one attached hydrogen (secondary N) is 1. The van der Waals surface area contributed by atoms with Crippen molar-refractivity contribution in [1.82, 2.24) is 9.97 Å². The molecule has 0 aliphatic heterocycles. The van der Waals surface area contributed by atoms with Crippen LogP contribution in [0.1, 0.15) is 47.1 Å². The monoisotopic (exact) mass is 302 g/mol. The van der Waals surface area contributed by atoms with Crippen LogP contribution >= 0.6 is 0 Å². The average molecular weight is 302 g/mol. The summed E-state index contributed by atoms with van der Waals surface area (Å²) in [6.07, 6.45) is 2.95. The Labute approximate surface area is 128 Å². The van der Waals surface area contributed by atoms with E-state index < -0.39 is 5.97 Å². The van der Waals surface area contributed by atoms with Gasteiger partial charge in [-0.05, 0) is 18.4 Å². The summed E-state index contributed by atoms with van der Waals surface area (Å²) in [6.45, 7) is 0. The summed E-state index contributed by atoms with van der Waals surface area (Å²) in [5.41, 5.74) is 1.09. The van der Waals surface area contributed by atoms with E-state index in [0.29, 0.717) is 25.1 Å². The molecule has 0 fully saturated rings. The van der Waals surface area contributed by atoms with Gasteiger partial charge >= 0.3 is 11.9 Å². The number of carbonyl (C=O) groups excluding carboxylic acids is 1. The summed E-state index contributed by atoms with van der Waals surface area (Å²) >= 11 is 0. The first kappa shape index (κ1) is 15.8. The molecular formula is C16H18N2O4. The molecule has 1 aromatic heterocycles. The zero-order chi connectivity index (χ0) is 15.9. The fourth-order valence-corrected chi connectivity index (χ4v) is 2.32. The highest BCUT2D eigenvalue weighted by Gasteiger charge is 2.19. The molecule has 2 aromatic rings. The zero-order valence-corrected chi connectivity index (χ0v) is 12.3. The van der Waals surface area contributed by atoms with Crippen LogP contribution in [0.4, 0.5) is 0 Å². The molecule has 1 unspecified atom stereocenters. The Balaban J connectivity index is 2.17. The number of nitrogens with zero attached hydrogens (tertiary/aromatic N) is 1. The van der Waals surface area contributed by atoms with E-state index >= 15 is 0 Å². The van der Waals surface area contributed by atoms with Gasteiger partial charge in [0.05, 0.1) is 13.3 Å². The third-order valence-electron chi connectivity index (χ3n) is 3.46. The Bertz CT molecular complexity index is 637. The second kappa shape index (κ2) is 7.40. The maximum Gasteiger partial charge on any atom is 0.353 e. The zero-order valence-electron chi connectivity index (χ0n) is 12.3. The molecule has 6 nitrogen and oxygen atoms in total. The molecule has 22 heavy (non-hydrogen) atoms. The lowest BCUT2D eigenvalue weighted by Gasteiger charge is -2.15. The number of esters is 1. The third kappa shape index (κ3) is 3.94. The summed E-state index contributed by atoms with van der Waals surface area (Å²) in [5, 5.41) is 9.00. The van der Waals surface area contributed by atoms with Gasteiger partial charge in [-0.1, -0.05) is 30.3 Å². The quantitative estimate of drug-likeness (QED) is 0.767. The van der Waals surface area contributed by atoms with Crippen molar-refractivity contribution in [2.45, 2.75) is 25.2 Å². The summed E-state index contributed by atoms with van der Waals surface area (Å²) < 4.78 is 4.64. The van der Waals surface area contributed by atoms with E-state index in [1.54, 1.807) is 0 Å². The molecule has 1 aromatic carbocycles. The maximum absolute atomic E-state index is 11.2. The van der Waals surface area contributed by atoms with E-state index in [1.807, 2.05) is 30.3 Å². The van der Waals surface area contributed by atoms with Gasteiger partial charge in [0.15, 0.2) is 0 Å². The number of H-pyrrole nitrogens is 1. The van der Waals surface area contributed by atoms with Gasteiger partial charge in [0.2, 0.25) is 0 Å². The van der Waals surface area contributed by atoms with Crippen LogP contribution < -0.4 is 0 Å². The minimum absolute atomic E-state index is 0.0592. The number of ether oxygens (including phenoxy) is 1.